The zero-order valence-corrected chi connectivity index (χ0v) is 17.9. The van der Waals surface area contributed by atoms with Gasteiger partial charge in [0, 0.05) is 17.7 Å². The van der Waals surface area contributed by atoms with Crippen molar-refractivity contribution in [3.8, 4) is 11.3 Å². The van der Waals surface area contributed by atoms with Crippen LogP contribution in [0.15, 0.2) is 88.0 Å². The first-order valence-electron chi connectivity index (χ1n) is 10.1. The van der Waals surface area contributed by atoms with Gasteiger partial charge in [0.25, 0.3) is 11.8 Å². The second kappa shape index (κ2) is 10.7. The summed E-state index contributed by atoms with van der Waals surface area (Å²) in [5.74, 6) is -2.25. The van der Waals surface area contributed by atoms with Crippen LogP contribution in [0, 0.1) is 0 Å². The second-order valence-corrected chi connectivity index (χ2v) is 7.17. The minimum absolute atomic E-state index is 0.0906. The largest absolute Gasteiger partial charge is 0.422 e. The van der Waals surface area contributed by atoms with Crippen molar-refractivity contribution in [3.05, 3.63) is 84.2 Å². The average molecular weight is 445 g/mol. The third-order valence-electron chi connectivity index (χ3n) is 4.60. The predicted octanol–water partition coefficient (Wildman–Crippen LogP) is 2.06. The second-order valence-electron chi connectivity index (χ2n) is 7.17. The van der Waals surface area contributed by atoms with Crippen molar-refractivity contribution in [1.29, 1.82) is 0 Å². The lowest BCUT2D eigenvalue weighted by atomic mass is 10.0. The molecule has 1 unspecified atom stereocenters. The van der Waals surface area contributed by atoms with Crippen molar-refractivity contribution in [2.75, 3.05) is 0 Å². The van der Waals surface area contributed by atoms with E-state index in [1.807, 2.05) is 36.4 Å². The number of rotatable bonds is 9. The van der Waals surface area contributed by atoms with Gasteiger partial charge in [-0.25, -0.2) is 4.99 Å². The van der Waals surface area contributed by atoms with Gasteiger partial charge in [-0.2, -0.15) is 4.98 Å². The number of hydrogen-bond donors (Lipinski definition) is 3. The fourth-order valence-electron chi connectivity index (χ4n) is 3.00. The summed E-state index contributed by atoms with van der Waals surface area (Å²) in [6.07, 6.45) is 2.95. The number of amides is 2. The Hall–Kier alpha value is -4.53. The number of nitrogens with one attached hydrogen (secondary N) is 1. The van der Waals surface area contributed by atoms with Crippen molar-refractivity contribution in [3.63, 3.8) is 0 Å². The molecule has 1 heterocycles. The molecule has 3 rings (SSSR count). The van der Waals surface area contributed by atoms with Crippen molar-refractivity contribution < 1.29 is 18.8 Å². The lowest BCUT2D eigenvalue weighted by molar-refractivity contribution is -0.138. The lowest BCUT2D eigenvalue weighted by Crippen LogP contribution is -2.48. The van der Waals surface area contributed by atoms with Gasteiger partial charge in [0.2, 0.25) is 5.78 Å². The number of aromatic nitrogens is 1. The SMILES string of the molecule is CC(C=C(N)C(=O)NC(Cc1ccccc1)C(=O)C(N)=O)=Nc1ncc(-c2ccccc2)o1. The molecule has 9 nitrogen and oxygen atoms in total. The van der Waals surface area contributed by atoms with Gasteiger partial charge in [-0.15, -0.1) is 0 Å². The van der Waals surface area contributed by atoms with Crippen molar-refractivity contribution >= 4 is 29.3 Å². The molecule has 9 heteroatoms. The maximum Gasteiger partial charge on any atom is 0.322 e. The summed E-state index contributed by atoms with van der Waals surface area (Å²) in [6.45, 7) is 1.61. The minimum Gasteiger partial charge on any atom is -0.422 e. The van der Waals surface area contributed by atoms with E-state index in [-0.39, 0.29) is 18.1 Å². The number of nitrogens with two attached hydrogens (primary N) is 2. The molecule has 2 aromatic carbocycles. The topological polar surface area (TPSA) is 154 Å². The standard InChI is InChI=1S/C24H23N5O4/c1-15(28-24-27-14-20(33-24)17-10-6-3-7-11-17)12-18(25)23(32)29-19(21(30)22(26)31)13-16-8-4-2-5-9-16/h2-12,14,19H,13,25H2,1H3,(H2,26,31)(H,29,32). The highest BCUT2D eigenvalue weighted by Crippen LogP contribution is 2.23. The van der Waals surface area contributed by atoms with Gasteiger partial charge in [0.05, 0.1) is 11.9 Å². The van der Waals surface area contributed by atoms with Crippen LogP contribution in [-0.2, 0) is 20.8 Å². The fraction of sp³-hybridized carbons (Fsp3) is 0.125. The molecule has 0 spiro atoms. The van der Waals surface area contributed by atoms with Crippen LogP contribution >= 0.6 is 0 Å². The number of Topliss-reactive ketones (excluding diaryl/α,β-unsaturated/α-hetero) is 1. The van der Waals surface area contributed by atoms with Crippen molar-refractivity contribution in [2.24, 2.45) is 16.5 Å². The molecule has 0 aliphatic rings. The Labute approximate surface area is 190 Å². The molecule has 0 aliphatic heterocycles. The minimum atomic E-state index is -1.15. The Morgan fingerprint density at radius 1 is 1.06 bits per heavy atom. The van der Waals surface area contributed by atoms with Gasteiger partial charge < -0.3 is 21.2 Å². The molecule has 168 valence electrons. The maximum absolute atomic E-state index is 12.5. The van der Waals surface area contributed by atoms with E-state index in [2.05, 4.69) is 15.3 Å². The van der Waals surface area contributed by atoms with E-state index in [1.54, 1.807) is 37.4 Å². The third kappa shape index (κ3) is 6.47. The number of allylic oxidation sites excluding steroid dienone is 1. The van der Waals surface area contributed by atoms with Crippen molar-refractivity contribution in [2.45, 2.75) is 19.4 Å². The Morgan fingerprint density at radius 2 is 1.70 bits per heavy atom. The van der Waals surface area contributed by atoms with Crippen LogP contribution in [0.2, 0.25) is 0 Å². The molecule has 1 atom stereocenters. The highest BCUT2D eigenvalue weighted by atomic mass is 16.4. The van der Waals surface area contributed by atoms with E-state index in [4.69, 9.17) is 15.9 Å². The maximum atomic E-state index is 12.5. The number of ketones is 1. The Kier molecular flexibility index (Phi) is 7.48. The summed E-state index contributed by atoms with van der Waals surface area (Å²) in [5.41, 5.74) is 12.7. The molecule has 3 aromatic rings. The first kappa shape index (κ1) is 23.1. The smallest absolute Gasteiger partial charge is 0.322 e. The molecule has 1 aromatic heterocycles. The van der Waals surface area contributed by atoms with Crippen LogP contribution in [0.4, 0.5) is 6.01 Å². The summed E-state index contributed by atoms with van der Waals surface area (Å²) in [7, 11) is 0. The number of oxazole rings is 1. The van der Waals surface area contributed by atoms with Crippen LogP contribution in [0.25, 0.3) is 11.3 Å². The summed E-state index contributed by atoms with van der Waals surface area (Å²) in [6, 6.07) is 17.3. The molecule has 5 N–H and O–H groups in total. The molecule has 0 aliphatic carbocycles. The average Bonchev–Trinajstić information content (AvgIpc) is 3.27. The van der Waals surface area contributed by atoms with Gasteiger partial charge in [-0.3, -0.25) is 14.4 Å². The Balaban J connectivity index is 1.71. The number of carbonyl (C=O) groups is 3. The molecule has 0 radical (unpaired) electrons. The molecule has 0 saturated carbocycles. The van der Waals surface area contributed by atoms with Crippen LogP contribution in [-0.4, -0.2) is 34.3 Å². The first-order chi connectivity index (χ1) is 15.8. The van der Waals surface area contributed by atoms with Gasteiger partial charge in [-0.1, -0.05) is 60.7 Å². The van der Waals surface area contributed by atoms with Crippen molar-refractivity contribution in [1.82, 2.24) is 10.3 Å². The zero-order chi connectivity index (χ0) is 23.8. The van der Waals surface area contributed by atoms with Gasteiger partial charge in [0.1, 0.15) is 6.04 Å². The van der Waals surface area contributed by atoms with Gasteiger partial charge >= 0.3 is 6.01 Å². The monoisotopic (exact) mass is 445 g/mol. The fourth-order valence-corrected chi connectivity index (χ4v) is 3.00. The van der Waals surface area contributed by atoms with E-state index in [9.17, 15) is 14.4 Å². The number of primary amides is 1. The number of nitrogens with zero attached hydrogens (tertiary/aromatic N) is 2. The first-order valence-corrected chi connectivity index (χ1v) is 10.1. The molecule has 0 fully saturated rings. The van der Waals surface area contributed by atoms with Gasteiger partial charge in [0.15, 0.2) is 5.76 Å². The number of carbonyl (C=O) groups excluding carboxylic acids is 3. The normalized spacial score (nSPS) is 12.8. The molecule has 2 amide bonds. The van der Waals surface area contributed by atoms with Crippen LogP contribution in [0.3, 0.4) is 0 Å². The van der Waals surface area contributed by atoms with Crippen LogP contribution < -0.4 is 16.8 Å². The number of aliphatic imine (C=N–C) groups is 1. The van der Waals surface area contributed by atoms with E-state index < -0.39 is 23.6 Å². The number of hydrogen-bond acceptors (Lipinski definition) is 7. The highest BCUT2D eigenvalue weighted by molar-refractivity contribution is 6.38. The molecule has 0 saturated heterocycles. The predicted molar refractivity (Wildman–Crippen MR) is 123 cm³/mol. The third-order valence-corrected chi connectivity index (χ3v) is 4.60. The molecular formula is C24H23N5O4. The lowest BCUT2D eigenvalue weighted by Gasteiger charge is -2.16. The highest BCUT2D eigenvalue weighted by Gasteiger charge is 2.26. The molecule has 33 heavy (non-hydrogen) atoms. The summed E-state index contributed by atoms with van der Waals surface area (Å²) in [4.78, 5) is 44.4. The quantitative estimate of drug-likeness (QED) is 0.260. The van der Waals surface area contributed by atoms with Crippen LogP contribution in [0.5, 0.6) is 0 Å². The molecular weight excluding hydrogens is 422 g/mol. The summed E-state index contributed by atoms with van der Waals surface area (Å²) >= 11 is 0. The summed E-state index contributed by atoms with van der Waals surface area (Å²) < 4.78 is 5.61. The number of benzene rings is 2. The van der Waals surface area contributed by atoms with Gasteiger partial charge in [-0.05, 0) is 18.6 Å². The van der Waals surface area contributed by atoms with E-state index in [1.165, 1.54) is 6.08 Å². The Bertz CT molecular complexity index is 1200. The zero-order valence-electron chi connectivity index (χ0n) is 17.9. The van der Waals surface area contributed by atoms with Crippen LogP contribution in [0.1, 0.15) is 12.5 Å². The van der Waals surface area contributed by atoms with E-state index in [0.717, 1.165) is 11.1 Å². The van der Waals surface area contributed by atoms with E-state index in [0.29, 0.717) is 11.5 Å². The molecule has 0 bridgehead atoms. The van der Waals surface area contributed by atoms with E-state index >= 15 is 0 Å². The Morgan fingerprint density at radius 3 is 2.33 bits per heavy atom. The summed E-state index contributed by atoms with van der Waals surface area (Å²) in [5, 5.41) is 2.46.